The molecule has 0 saturated heterocycles. The van der Waals surface area contributed by atoms with Crippen LogP contribution in [0.4, 0.5) is 0 Å². The van der Waals surface area contributed by atoms with Crippen LogP contribution in [-0.2, 0) is 29.0 Å². The third-order valence-corrected chi connectivity index (χ3v) is 0.609. The number of carbonyl (C=O) groups is 1. The monoisotopic (exact) mass is 244 g/mol. The summed E-state index contributed by atoms with van der Waals surface area (Å²) >= 11 is 0. The number of hydrogen-bond acceptors (Lipinski definition) is 2. The van der Waals surface area contributed by atoms with Crippen molar-refractivity contribution in [1.82, 2.24) is 0 Å². The Labute approximate surface area is 78.9 Å². The van der Waals surface area contributed by atoms with Gasteiger partial charge in [-0.15, -0.1) is 0 Å². The molecule has 0 unspecified atom stereocenters. The first kappa shape index (κ1) is 16.3. The second-order valence-corrected chi connectivity index (χ2v) is 1.18. The molecule has 2 nitrogen and oxygen atoms in total. The van der Waals surface area contributed by atoms with E-state index >= 15 is 0 Å². The molecule has 0 atom stereocenters. The molecule has 50 valence electrons. The molecule has 0 heterocycles. The molecule has 0 bridgehead atoms. The van der Waals surface area contributed by atoms with Crippen molar-refractivity contribution in [2.45, 2.75) is 12.8 Å². The van der Waals surface area contributed by atoms with Crippen LogP contribution >= 0.6 is 0 Å². The third kappa shape index (κ3) is 11.9. The van der Waals surface area contributed by atoms with Crippen LogP contribution in [0.5, 0.6) is 0 Å². The van der Waals surface area contributed by atoms with E-state index in [0.29, 0.717) is 12.8 Å². The first-order valence-corrected chi connectivity index (χ1v) is 2.17. The number of ether oxygens (including phenoxy) is 1. The van der Waals surface area contributed by atoms with E-state index in [9.17, 15) is 4.79 Å². The maximum absolute atomic E-state index is 10.1. The van der Waals surface area contributed by atoms with Crippen molar-refractivity contribution in [2.75, 3.05) is 7.11 Å². The molecule has 0 N–H and O–H groups in total. The van der Waals surface area contributed by atoms with E-state index in [0.717, 1.165) is 0 Å². The Hall–Kier alpha value is 0.573. The molecule has 4 heteroatoms. The Bertz CT molecular complexity index is 68.0. The summed E-state index contributed by atoms with van der Waals surface area (Å²) in [4.78, 5) is 10.1. The summed E-state index contributed by atoms with van der Waals surface area (Å²) in [6.45, 7) is 3.47. The molecule has 0 saturated carbocycles. The van der Waals surface area contributed by atoms with Gasteiger partial charge in [-0.2, -0.15) is 6.42 Å². The van der Waals surface area contributed by atoms with E-state index in [2.05, 4.69) is 11.7 Å². The topological polar surface area (TPSA) is 26.3 Å². The average Bonchev–Trinajstić information content (AvgIpc) is 1.68. The smallest absolute Gasteiger partial charge is 1.00 e. The predicted octanol–water partition coefficient (Wildman–Crippen LogP) is -2.22. The van der Waals surface area contributed by atoms with Crippen LogP contribution in [0, 0.1) is 6.92 Å². The predicted molar refractivity (Wildman–Crippen MR) is 26.6 cm³/mol. The van der Waals surface area contributed by atoms with E-state index in [1.807, 2.05) is 0 Å². The van der Waals surface area contributed by atoms with Crippen molar-refractivity contribution in [3.63, 3.8) is 0 Å². The van der Waals surface area contributed by atoms with Gasteiger partial charge in [0.1, 0.15) is 0 Å². The minimum absolute atomic E-state index is 0. The van der Waals surface area contributed by atoms with Gasteiger partial charge in [0, 0.05) is 6.42 Å². The number of methoxy groups -OCH3 is 1. The van der Waals surface area contributed by atoms with Gasteiger partial charge in [0.05, 0.1) is 7.11 Å². The molecule has 0 aromatic carbocycles. The number of carbonyl (C=O) groups excluding carboxylic acids is 1. The van der Waals surface area contributed by atoms with Gasteiger partial charge < -0.3 is 28.6 Å². The maximum Gasteiger partial charge on any atom is 2.00 e. The van der Waals surface area contributed by atoms with Crippen molar-refractivity contribution < 1.29 is 46.0 Å². The Kier molecular flexibility index (Phi) is 20.6. The fourth-order valence-corrected chi connectivity index (χ4v) is 0.246. The minimum Gasteiger partial charge on any atom is -1.00 e. The summed E-state index contributed by atoms with van der Waals surface area (Å²) < 4.78 is 4.31. The van der Waals surface area contributed by atoms with Crippen molar-refractivity contribution in [3.05, 3.63) is 6.92 Å². The van der Waals surface area contributed by atoms with Crippen LogP contribution < -0.4 is 17.0 Å². The summed E-state index contributed by atoms with van der Waals surface area (Å²) in [5.74, 6) is -0.185. The summed E-state index contributed by atoms with van der Waals surface area (Å²) in [6.07, 6.45) is 1.04. The van der Waals surface area contributed by atoms with Gasteiger partial charge >= 0.3 is 25.4 Å². The second-order valence-electron chi connectivity index (χ2n) is 1.18. The Morgan fingerprint density at radius 1 is 1.67 bits per heavy atom. The molecular formula is C5H9BrO2Zn. The molecule has 0 rings (SSSR count). The van der Waals surface area contributed by atoms with Crippen molar-refractivity contribution >= 4 is 5.97 Å². The molecule has 0 aromatic rings. The molecule has 0 amide bonds. The zero-order valence-corrected chi connectivity index (χ0v) is 10.1. The Morgan fingerprint density at radius 2 is 2.11 bits per heavy atom. The molecule has 0 fully saturated rings. The standard InChI is InChI=1S/C5H9O2.BrH.Zn/c1-3-4-5(6)7-2;;/h1,3-4H2,2H3;1H;/q-1;;+2/p-1. The van der Waals surface area contributed by atoms with E-state index < -0.39 is 0 Å². The van der Waals surface area contributed by atoms with E-state index in [1.165, 1.54) is 7.11 Å². The van der Waals surface area contributed by atoms with Gasteiger partial charge in [-0.05, 0) is 0 Å². The quantitative estimate of drug-likeness (QED) is 0.313. The van der Waals surface area contributed by atoms with E-state index in [4.69, 9.17) is 0 Å². The van der Waals surface area contributed by atoms with Crippen LogP contribution in [0.25, 0.3) is 0 Å². The molecule has 0 spiro atoms. The molecule has 0 aliphatic rings. The minimum atomic E-state index is -0.185. The van der Waals surface area contributed by atoms with E-state index in [-0.39, 0.29) is 42.4 Å². The summed E-state index contributed by atoms with van der Waals surface area (Å²) in [5.41, 5.74) is 0. The van der Waals surface area contributed by atoms with Crippen LogP contribution in [0.3, 0.4) is 0 Å². The second kappa shape index (κ2) is 11.4. The van der Waals surface area contributed by atoms with Gasteiger partial charge in [-0.3, -0.25) is 4.79 Å². The van der Waals surface area contributed by atoms with E-state index in [1.54, 1.807) is 0 Å². The number of hydrogen-bond donors (Lipinski definition) is 0. The SMILES string of the molecule is [Br-].[CH2-]CCC(=O)OC.[Zn+2]. The molecule has 0 aliphatic carbocycles. The van der Waals surface area contributed by atoms with Gasteiger partial charge in [0.2, 0.25) is 0 Å². The number of halogens is 1. The summed E-state index contributed by atoms with van der Waals surface area (Å²) in [6, 6.07) is 0. The zero-order valence-electron chi connectivity index (χ0n) is 5.52. The van der Waals surface area contributed by atoms with Crippen LogP contribution in [0.2, 0.25) is 0 Å². The summed E-state index contributed by atoms with van der Waals surface area (Å²) in [5, 5.41) is 0. The third-order valence-electron chi connectivity index (χ3n) is 0.609. The van der Waals surface area contributed by atoms with Crippen molar-refractivity contribution in [2.24, 2.45) is 0 Å². The van der Waals surface area contributed by atoms with Gasteiger partial charge in [0.15, 0.2) is 0 Å². The Balaban J connectivity index is -0.000000180. The molecule has 9 heavy (non-hydrogen) atoms. The largest absolute Gasteiger partial charge is 2.00 e. The fraction of sp³-hybridized carbons (Fsp3) is 0.600. The van der Waals surface area contributed by atoms with Crippen LogP contribution in [-0.4, -0.2) is 13.1 Å². The first-order chi connectivity index (χ1) is 3.31. The Morgan fingerprint density at radius 3 is 2.22 bits per heavy atom. The van der Waals surface area contributed by atoms with Crippen LogP contribution in [0.15, 0.2) is 0 Å². The van der Waals surface area contributed by atoms with Crippen molar-refractivity contribution in [3.8, 4) is 0 Å². The first-order valence-electron chi connectivity index (χ1n) is 2.17. The molecule has 0 radical (unpaired) electrons. The van der Waals surface area contributed by atoms with Gasteiger partial charge in [-0.1, -0.05) is 0 Å². The molecule has 0 aliphatic heterocycles. The van der Waals surface area contributed by atoms with Crippen LogP contribution in [0.1, 0.15) is 12.8 Å². The maximum atomic E-state index is 10.1. The normalized spacial score (nSPS) is 6.44. The van der Waals surface area contributed by atoms with Gasteiger partial charge in [0.25, 0.3) is 0 Å². The number of rotatable bonds is 2. The van der Waals surface area contributed by atoms with Gasteiger partial charge in [-0.25, -0.2) is 0 Å². The zero-order chi connectivity index (χ0) is 5.70. The number of esters is 1. The average molecular weight is 246 g/mol. The molecule has 0 aromatic heterocycles. The fourth-order valence-electron chi connectivity index (χ4n) is 0.246. The summed E-state index contributed by atoms with van der Waals surface area (Å²) in [7, 11) is 1.37. The van der Waals surface area contributed by atoms with Crippen molar-refractivity contribution in [1.29, 1.82) is 0 Å². The molecular weight excluding hydrogens is 237 g/mol.